The molecule has 26 heavy (non-hydrogen) atoms. The minimum absolute atomic E-state index is 0.160. The maximum absolute atomic E-state index is 13.1. The zero-order valence-corrected chi connectivity index (χ0v) is 15.1. The molecule has 3 N–H and O–H groups in total. The highest BCUT2D eigenvalue weighted by atomic mass is 32.2. The molecule has 0 saturated heterocycles. The molecule has 3 rings (SSSR count). The molecule has 0 bridgehead atoms. The molecule has 0 aliphatic carbocycles. The number of halogens is 1. The van der Waals surface area contributed by atoms with Gasteiger partial charge in [0, 0.05) is 11.3 Å². The lowest BCUT2D eigenvalue weighted by molar-refractivity contribution is -0.115. The molecule has 0 spiro atoms. The fourth-order valence-corrected chi connectivity index (χ4v) is 3.10. The van der Waals surface area contributed by atoms with Crippen LogP contribution in [0.15, 0.2) is 53.7 Å². The molecule has 0 fully saturated rings. The molecule has 6 nitrogen and oxygen atoms in total. The lowest BCUT2D eigenvalue weighted by atomic mass is 10.2. The van der Waals surface area contributed by atoms with E-state index in [1.807, 2.05) is 31.2 Å². The third kappa shape index (κ3) is 4.02. The number of nitrogens with one attached hydrogen (secondary N) is 1. The van der Waals surface area contributed by atoms with Crippen molar-refractivity contribution >= 4 is 23.4 Å². The van der Waals surface area contributed by atoms with Crippen molar-refractivity contribution in [1.29, 1.82) is 0 Å². The van der Waals surface area contributed by atoms with Gasteiger partial charge in [-0.05, 0) is 55.8 Å². The predicted molar refractivity (Wildman–Crippen MR) is 101 cm³/mol. The Morgan fingerprint density at radius 1 is 1.23 bits per heavy atom. The van der Waals surface area contributed by atoms with Gasteiger partial charge in [0.25, 0.3) is 0 Å². The second-order valence-corrected chi connectivity index (χ2v) is 7.11. The van der Waals surface area contributed by atoms with Crippen molar-refractivity contribution in [3.05, 3.63) is 59.9 Å². The highest BCUT2D eigenvalue weighted by Crippen LogP contribution is 2.25. The number of aryl methyl sites for hydroxylation is 1. The monoisotopic (exact) mass is 371 g/mol. The predicted octanol–water partition coefficient (Wildman–Crippen LogP) is 3.23. The van der Waals surface area contributed by atoms with Crippen LogP contribution < -0.4 is 11.2 Å². The first-order chi connectivity index (χ1) is 12.4. The van der Waals surface area contributed by atoms with Gasteiger partial charge >= 0.3 is 0 Å². The van der Waals surface area contributed by atoms with Gasteiger partial charge in [-0.3, -0.25) is 4.79 Å². The lowest BCUT2D eigenvalue weighted by Gasteiger charge is -2.12. The average Bonchev–Trinajstić information content (AvgIpc) is 2.96. The van der Waals surface area contributed by atoms with Crippen molar-refractivity contribution < 1.29 is 9.18 Å². The summed E-state index contributed by atoms with van der Waals surface area (Å²) in [6, 6.07) is 13.4. The van der Waals surface area contributed by atoms with E-state index in [1.54, 1.807) is 19.1 Å². The quantitative estimate of drug-likeness (QED) is 0.531. The summed E-state index contributed by atoms with van der Waals surface area (Å²) in [5.74, 6) is 5.94. The van der Waals surface area contributed by atoms with Gasteiger partial charge in [-0.15, -0.1) is 10.2 Å². The lowest BCUT2D eigenvalue weighted by Crippen LogP contribution is -2.23. The standard InChI is InChI=1S/C18H18FN5OS/c1-11-4-3-5-15(10-11)21-17(25)12(2)26-18-23-22-16(24(18)20)13-6-8-14(19)9-7-13/h3-10,12H,20H2,1-2H3,(H,21,25)/t12-/m1/s1. The van der Waals surface area contributed by atoms with E-state index >= 15 is 0 Å². The van der Waals surface area contributed by atoms with Gasteiger partial charge in [-0.1, -0.05) is 23.9 Å². The van der Waals surface area contributed by atoms with Crippen LogP contribution in [0.5, 0.6) is 0 Å². The van der Waals surface area contributed by atoms with Gasteiger partial charge in [0.05, 0.1) is 5.25 Å². The molecule has 0 aliphatic heterocycles. The van der Waals surface area contributed by atoms with Gasteiger partial charge in [-0.25, -0.2) is 9.07 Å². The summed E-state index contributed by atoms with van der Waals surface area (Å²) in [5.41, 5.74) is 2.45. The van der Waals surface area contributed by atoms with Crippen LogP contribution in [0.25, 0.3) is 11.4 Å². The smallest absolute Gasteiger partial charge is 0.237 e. The van der Waals surface area contributed by atoms with Crippen molar-refractivity contribution in [3.63, 3.8) is 0 Å². The van der Waals surface area contributed by atoms with Crippen molar-refractivity contribution in [3.8, 4) is 11.4 Å². The van der Waals surface area contributed by atoms with E-state index in [4.69, 9.17) is 5.84 Å². The molecule has 1 heterocycles. The van der Waals surface area contributed by atoms with Crippen molar-refractivity contribution in [2.45, 2.75) is 24.3 Å². The molecule has 2 aromatic carbocycles. The van der Waals surface area contributed by atoms with Crippen LogP contribution in [0, 0.1) is 12.7 Å². The van der Waals surface area contributed by atoms with Crippen LogP contribution in [0.3, 0.4) is 0 Å². The van der Waals surface area contributed by atoms with E-state index in [0.29, 0.717) is 16.5 Å². The molecule has 8 heteroatoms. The minimum Gasteiger partial charge on any atom is -0.335 e. The maximum Gasteiger partial charge on any atom is 0.237 e. The number of anilines is 1. The number of nitrogen functional groups attached to an aromatic ring is 1. The maximum atomic E-state index is 13.1. The summed E-state index contributed by atoms with van der Waals surface area (Å²) in [7, 11) is 0. The summed E-state index contributed by atoms with van der Waals surface area (Å²) >= 11 is 1.20. The van der Waals surface area contributed by atoms with Gasteiger partial charge in [0.1, 0.15) is 5.82 Å². The first kappa shape index (κ1) is 17.9. The molecule has 0 saturated carbocycles. The summed E-state index contributed by atoms with van der Waals surface area (Å²) in [6.07, 6.45) is 0. The van der Waals surface area contributed by atoms with Crippen LogP contribution in [0.1, 0.15) is 12.5 Å². The number of hydrogen-bond donors (Lipinski definition) is 2. The third-order valence-electron chi connectivity index (χ3n) is 3.70. The second-order valence-electron chi connectivity index (χ2n) is 5.80. The third-order valence-corrected chi connectivity index (χ3v) is 4.76. The van der Waals surface area contributed by atoms with Crippen LogP contribution >= 0.6 is 11.8 Å². The Bertz CT molecular complexity index is 926. The Labute approximate surface area is 154 Å². The molecule has 1 atom stereocenters. The molecule has 134 valence electrons. The summed E-state index contributed by atoms with van der Waals surface area (Å²) in [5, 5.41) is 10.9. The van der Waals surface area contributed by atoms with E-state index < -0.39 is 5.25 Å². The molecule has 3 aromatic rings. The van der Waals surface area contributed by atoms with Gasteiger partial charge in [-0.2, -0.15) is 0 Å². The zero-order chi connectivity index (χ0) is 18.7. The van der Waals surface area contributed by atoms with Crippen molar-refractivity contribution in [2.24, 2.45) is 0 Å². The van der Waals surface area contributed by atoms with E-state index in [1.165, 1.54) is 28.6 Å². The van der Waals surface area contributed by atoms with Crippen LogP contribution in [-0.4, -0.2) is 26.0 Å². The van der Waals surface area contributed by atoms with E-state index in [0.717, 1.165) is 11.3 Å². The molecule has 0 aliphatic rings. The highest BCUT2D eigenvalue weighted by Gasteiger charge is 2.20. The molecular formula is C18H18FN5OS. The van der Waals surface area contributed by atoms with E-state index in [-0.39, 0.29) is 11.7 Å². The SMILES string of the molecule is Cc1cccc(NC(=O)[C@@H](C)Sc2nnc(-c3ccc(F)cc3)n2N)c1. The Balaban J connectivity index is 1.70. The molecule has 0 radical (unpaired) electrons. The normalized spacial score (nSPS) is 12.0. The van der Waals surface area contributed by atoms with Crippen molar-refractivity contribution in [2.75, 3.05) is 11.2 Å². The summed E-state index contributed by atoms with van der Waals surface area (Å²) in [4.78, 5) is 12.4. The van der Waals surface area contributed by atoms with Crippen LogP contribution in [-0.2, 0) is 4.79 Å². The van der Waals surface area contributed by atoms with E-state index in [9.17, 15) is 9.18 Å². The average molecular weight is 371 g/mol. The summed E-state index contributed by atoms with van der Waals surface area (Å²) < 4.78 is 14.4. The number of aromatic nitrogens is 3. The fraction of sp³-hybridized carbons (Fsp3) is 0.167. The van der Waals surface area contributed by atoms with Gasteiger partial charge in [0.15, 0.2) is 5.82 Å². The Hall–Kier alpha value is -2.87. The number of benzene rings is 2. The molecule has 0 unspecified atom stereocenters. The largest absolute Gasteiger partial charge is 0.335 e. The molecule has 1 amide bonds. The minimum atomic E-state index is -0.428. The second kappa shape index (κ2) is 7.57. The zero-order valence-electron chi connectivity index (χ0n) is 14.3. The fourth-order valence-electron chi connectivity index (χ4n) is 2.33. The number of carbonyl (C=O) groups excluding carboxylic acids is 1. The first-order valence-electron chi connectivity index (χ1n) is 7.94. The molecule has 1 aromatic heterocycles. The Kier molecular flexibility index (Phi) is 5.22. The first-order valence-corrected chi connectivity index (χ1v) is 8.82. The number of hydrogen-bond acceptors (Lipinski definition) is 5. The number of carbonyl (C=O) groups is 1. The Morgan fingerprint density at radius 3 is 2.65 bits per heavy atom. The number of thioether (sulfide) groups is 1. The van der Waals surface area contributed by atoms with Crippen LogP contribution in [0.2, 0.25) is 0 Å². The topological polar surface area (TPSA) is 85.8 Å². The van der Waals surface area contributed by atoms with Gasteiger partial charge < -0.3 is 11.2 Å². The number of nitrogens with zero attached hydrogens (tertiary/aromatic N) is 3. The summed E-state index contributed by atoms with van der Waals surface area (Å²) in [6.45, 7) is 3.73. The number of rotatable bonds is 5. The molecular weight excluding hydrogens is 353 g/mol. The number of amides is 1. The number of nitrogens with two attached hydrogens (primary N) is 1. The van der Waals surface area contributed by atoms with Crippen molar-refractivity contribution in [1.82, 2.24) is 14.9 Å². The highest BCUT2D eigenvalue weighted by molar-refractivity contribution is 8.00. The Morgan fingerprint density at radius 2 is 1.96 bits per heavy atom. The van der Waals surface area contributed by atoms with Gasteiger partial charge in [0.2, 0.25) is 11.1 Å². The van der Waals surface area contributed by atoms with E-state index in [2.05, 4.69) is 15.5 Å². The van der Waals surface area contributed by atoms with Crippen LogP contribution in [0.4, 0.5) is 10.1 Å².